The molecule has 0 bridgehead atoms. The third-order valence-electron chi connectivity index (χ3n) is 3.16. The molecule has 1 fully saturated rings. The molecular formula is C10H18N4O. The lowest BCUT2D eigenvalue weighted by atomic mass is 9.99. The van der Waals surface area contributed by atoms with Crippen LogP contribution in [-0.4, -0.2) is 32.2 Å². The number of hydrogen-bond acceptors (Lipinski definition) is 4. The molecule has 1 heterocycles. The molecule has 1 aliphatic rings. The first-order chi connectivity index (χ1) is 7.24. The van der Waals surface area contributed by atoms with Crippen molar-refractivity contribution in [2.45, 2.75) is 37.8 Å². The standard InChI is InChI=1S/C10H18N4O/c1-14-7-9(12-13-14)6-11-10(8-15)4-2-3-5-10/h7,11,15H,2-6,8H2,1H3. The van der Waals surface area contributed by atoms with E-state index in [-0.39, 0.29) is 12.1 Å². The van der Waals surface area contributed by atoms with Crippen LogP contribution in [0.3, 0.4) is 0 Å². The number of aryl methyl sites for hydroxylation is 1. The number of hydrogen-bond donors (Lipinski definition) is 2. The zero-order chi connectivity index (χ0) is 10.7. The van der Waals surface area contributed by atoms with Crippen molar-refractivity contribution in [1.82, 2.24) is 20.3 Å². The lowest BCUT2D eigenvalue weighted by molar-refractivity contribution is 0.162. The maximum Gasteiger partial charge on any atom is 0.0964 e. The molecule has 0 atom stereocenters. The highest BCUT2D eigenvalue weighted by Gasteiger charge is 2.32. The maximum atomic E-state index is 9.40. The van der Waals surface area contributed by atoms with Crippen LogP contribution >= 0.6 is 0 Å². The molecule has 1 aromatic rings. The van der Waals surface area contributed by atoms with Crippen molar-refractivity contribution in [3.8, 4) is 0 Å². The summed E-state index contributed by atoms with van der Waals surface area (Å²) in [5.41, 5.74) is 0.856. The quantitative estimate of drug-likeness (QED) is 0.745. The van der Waals surface area contributed by atoms with Crippen LogP contribution in [0.1, 0.15) is 31.4 Å². The second-order valence-electron chi connectivity index (χ2n) is 4.38. The normalized spacial score (nSPS) is 19.6. The highest BCUT2D eigenvalue weighted by molar-refractivity contribution is 4.97. The monoisotopic (exact) mass is 210 g/mol. The van der Waals surface area contributed by atoms with E-state index in [9.17, 15) is 5.11 Å². The van der Waals surface area contributed by atoms with Crippen molar-refractivity contribution < 1.29 is 5.11 Å². The molecule has 0 amide bonds. The van der Waals surface area contributed by atoms with Gasteiger partial charge in [0.25, 0.3) is 0 Å². The summed E-state index contributed by atoms with van der Waals surface area (Å²) in [6.45, 7) is 0.904. The van der Waals surface area contributed by atoms with Gasteiger partial charge in [-0.2, -0.15) is 0 Å². The Balaban J connectivity index is 1.91. The summed E-state index contributed by atoms with van der Waals surface area (Å²) in [7, 11) is 1.86. The van der Waals surface area contributed by atoms with E-state index in [2.05, 4.69) is 15.6 Å². The number of nitrogens with one attached hydrogen (secondary N) is 1. The molecule has 0 aromatic carbocycles. The smallest absolute Gasteiger partial charge is 0.0964 e. The Labute approximate surface area is 89.5 Å². The predicted octanol–water partition coefficient (Wildman–Crippen LogP) is 0.210. The number of nitrogens with zero attached hydrogens (tertiary/aromatic N) is 3. The molecule has 0 spiro atoms. The van der Waals surface area contributed by atoms with Crippen molar-refractivity contribution in [3.63, 3.8) is 0 Å². The van der Waals surface area contributed by atoms with Crippen molar-refractivity contribution in [3.05, 3.63) is 11.9 Å². The van der Waals surface area contributed by atoms with Crippen LogP contribution in [0.5, 0.6) is 0 Å². The van der Waals surface area contributed by atoms with Gasteiger partial charge < -0.3 is 10.4 Å². The van der Waals surface area contributed by atoms with Crippen molar-refractivity contribution in [2.24, 2.45) is 7.05 Å². The zero-order valence-corrected chi connectivity index (χ0v) is 9.11. The first kappa shape index (κ1) is 10.6. The summed E-state index contributed by atoms with van der Waals surface area (Å²) in [6, 6.07) is 0. The van der Waals surface area contributed by atoms with Crippen molar-refractivity contribution >= 4 is 0 Å². The van der Waals surface area contributed by atoms with Gasteiger partial charge in [0.2, 0.25) is 0 Å². The minimum atomic E-state index is -0.0719. The number of aliphatic hydroxyl groups excluding tert-OH is 1. The largest absolute Gasteiger partial charge is 0.394 e. The topological polar surface area (TPSA) is 63.0 Å². The van der Waals surface area contributed by atoms with Gasteiger partial charge in [0, 0.05) is 25.3 Å². The SMILES string of the molecule is Cn1cc(CNC2(CO)CCCC2)nn1. The minimum absolute atomic E-state index is 0.0719. The van der Waals surface area contributed by atoms with Gasteiger partial charge in [0.15, 0.2) is 0 Å². The highest BCUT2D eigenvalue weighted by atomic mass is 16.3. The third-order valence-corrected chi connectivity index (χ3v) is 3.16. The molecule has 5 nitrogen and oxygen atoms in total. The molecule has 0 radical (unpaired) electrons. The van der Waals surface area contributed by atoms with Gasteiger partial charge in [-0.3, -0.25) is 4.68 Å². The molecule has 84 valence electrons. The van der Waals surface area contributed by atoms with Gasteiger partial charge in [-0.25, -0.2) is 0 Å². The fourth-order valence-electron chi connectivity index (χ4n) is 2.20. The Hall–Kier alpha value is -0.940. The lowest BCUT2D eigenvalue weighted by Gasteiger charge is -2.27. The summed E-state index contributed by atoms with van der Waals surface area (Å²) in [5, 5.41) is 20.7. The third kappa shape index (κ3) is 2.35. The van der Waals surface area contributed by atoms with E-state index in [0.717, 1.165) is 18.5 Å². The summed E-state index contributed by atoms with van der Waals surface area (Å²) in [4.78, 5) is 0. The van der Waals surface area contributed by atoms with Gasteiger partial charge in [-0.1, -0.05) is 18.1 Å². The second-order valence-corrected chi connectivity index (χ2v) is 4.38. The highest BCUT2D eigenvalue weighted by Crippen LogP contribution is 2.29. The molecule has 1 saturated carbocycles. The minimum Gasteiger partial charge on any atom is -0.394 e. The Morgan fingerprint density at radius 2 is 2.27 bits per heavy atom. The fraction of sp³-hybridized carbons (Fsp3) is 0.800. The van der Waals surface area contributed by atoms with Crippen LogP contribution in [0.15, 0.2) is 6.20 Å². The van der Waals surface area contributed by atoms with Crippen LogP contribution < -0.4 is 5.32 Å². The average molecular weight is 210 g/mol. The van der Waals surface area contributed by atoms with E-state index in [0.29, 0.717) is 6.54 Å². The lowest BCUT2D eigenvalue weighted by Crippen LogP contribution is -2.45. The molecule has 2 rings (SSSR count). The predicted molar refractivity (Wildman–Crippen MR) is 56.1 cm³/mol. The zero-order valence-electron chi connectivity index (χ0n) is 9.11. The molecule has 15 heavy (non-hydrogen) atoms. The molecule has 1 aromatic heterocycles. The Bertz CT molecular complexity index is 317. The molecule has 0 unspecified atom stereocenters. The van der Waals surface area contributed by atoms with E-state index >= 15 is 0 Å². The second kappa shape index (κ2) is 4.28. The Kier molecular flexibility index (Phi) is 3.02. The fourth-order valence-corrected chi connectivity index (χ4v) is 2.20. The van der Waals surface area contributed by atoms with E-state index in [4.69, 9.17) is 0 Å². The molecule has 2 N–H and O–H groups in total. The van der Waals surface area contributed by atoms with E-state index in [1.165, 1.54) is 12.8 Å². The van der Waals surface area contributed by atoms with Crippen molar-refractivity contribution in [1.29, 1.82) is 0 Å². The van der Waals surface area contributed by atoms with Crippen molar-refractivity contribution in [2.75, 3.05) is 6.61 Å². The van der Waals surface area contributed by atoms with E-state index in [1.54, 1.807) is 4.68 Å². The van der Waals surface area contributed by atoms with Gasteiger partial charge in [0.1, 0.15) is 0 Å². The van der Waals surface area contributed by atoms with Gasteiger partial charge in [0.05, 0.1) is 12.3 Å². The van der Waals surface area contributed by atoms with E-state index < -0.39 is 0 Å². The summed E-state index contributed by atoms with van der Waals surface area (Å²) >= 11 is 0. The number of aliphatic hydroxyl groups is 1. The Morgan fingerprint density at radius 3 is 2.80 bits per heavy atom. The molecule has 1 aliphatic carbocycles. The molecule has 0 saturated heterocycles. The summed E-state index contributed by atoms with van der Waals surface area (Å²) in [5.74, 6) is 0. The summed E-state index contributed by atoms with van der Waals surface area (Å²) in [6.07, 6.45) is 6.42. The van der Waals surface area contributed by atoms with Crippen LogP contribution in [0.25, 0.3) is 0 Å². The average Bonchev–Trinajstić information content (AvgIpc) is 2.85. The van der Waals surface area contributed by atoms with Crippen LogP contribution in [-0.2, 0) is 13.6 Å². The maximum absolute atomic E-state index is 9.40. The van der Waals surface area contributed by atoms with Gasteiger partial charge in [-0.15, -0.1) is 5.10 Å². The molecule has 5 heteroatoms. The first-order valence-electron chi connectivity index (χ1n) is 5.45. The summed E-state index contributed by atoms with van der Waals surface area (Å²) < 4.78 is 1.69. The first-order valence-corrected chi connectivity index (χ1v) is 5.45. The van der Waals surface area contributed by atoms with Crippen LogP contribution in [0.2, 0.25) is 0 Å². The Morgan fingerprint density at radius 1 is 1.53 bits per heavy atom. The van der Waals surface area contributed by atoms with Gasteiger partial charge >= 0.3 is 0 Å². The molecule has 0 aliphatic heterocycles. The molecular weight excluding hydrogens is 192 g/mol. The van der Waals surface area contributed by atoms with Gasteiger partial charge in [-0.05, 0) is 12.8 Å². The number of rotatable bonds is 4. The van der Waals surface area contributed by atoms with E-state index in [1.807, 2.05) is 13.2 Å². The van der Waals surface area contributed by atoms with Crippen LogP contribution in [0, 0.1) is 0 Å². The van der Waals surface area contributed by atoms with Crippen LogP contribution in [0.4, 0.5) is 0 Å². The number of aromatic nitrogens is 3.